The molecular formula is C15H13NO6S. The Labute approximate surface area is 134 Å². The van der Waals surface area contributed by atoms with Gasteiger partial charge in [0.25, 0.3) is 5.91 Å². The highest BCUT2D eigenvalue weighted by atomic mass is 32.1. The molecule has 3 heterocycles. The van der Waals surface area contributed by atoms with Gasteiger partial charge in [0.2, 0.25) is 0 Å². The summed E-state index contributed by atoms with van der Waals surface area (Å²) in [5.41, 5.74) is -1.33. The van der Waals surface area contributed by atoms with Gasteiger partial charge in [-0.3, -0.25) is 9.59 Å². The monoisotopic (exact) mass is 335 g/mol. The summed E-state index contributed by atoms with van der Waals surface area (Å²) in [6.07, 6.45) is 0.0888. The molecule has 1 saturated heterocycles. The van der Waals surface area contributed by atoms with E-state index in [0.717, 1.165) is 6.26 Å². The van der Waals surface area contributed by atoms with Gasteiger partial charge in [0.05, 0.1) is 17.5 Å². The summed E-state index contributed by atoms with van der Waals surface area (Å²) in [7, 11) is 0. The van der Waals surface area contributed by atoms with E-state index in [0.29, 0.717) is 10.5 Å². The third kappa shape index (κ3) is 1.88. The average molecular weight is 335 g/mol. The largest absolute Gasteiger partial charge is 0.453 e. The second-order valence-corrected chi connectivity index (χ2v) is 6.99. The van der Waals surface area contributed by atoms with Crippen LogP contribution < -0.4 is 5.32 Å². The van der Waals surface area contributed by atoms with Crippen LogP contribution >= 0.6 is 11.3 Å². The Bertz CT molecular complexity index is 737. The van der Waals surface area contributed by atoms with Gasteiger partial charge in [0, 0.05) is 5.92 Å². The first-order valence-electron chi connectivity index (χ1n) is 7.09. The minimum absolute atomic E-state index is 0.301. The van der Waals surface area contributed by atoms with Crippen molar-refractivity contribution in [2.24, 2.45) is 11.8 Å². The van der Waals surface area contributed by atoms with Gasteiger partial charge in [-0.2, -0.15) is 0 Å². The molecule has 1 aromatic heterocycles. The zero-order valence-electron chi connectivity index (χ0n) is 12.0. The fourth-order valence-corrected chi connectivity index (χ4v) is 4.30. The normalized spacial score (nSPS) is 37.7. The number of hydrogen-bond donors (Lipinski definition) is 2. The summed E-state index contributed by atoms with van der Waals surface area (Å²) < 4.78 is 10.4. The molecule has 8 heteroatoms. The van der Waals surface area contributed by atoms with Gasteiger partial charge in [-0.25, -0.2) is 4.79 Å². The number of hydrogen-bond acceptors (Lipinski definition) is 7. The zero-order chi connectivity index (χ0) is 16.4. The number of amides is 1. The third-order valence-corrected chi connectivity index (χ3v) is 5.56. The van der Waals surface area contributed by atoms with Crippen LogP contribution in [0.1, 0.15) is 16.6 Å². The lowest BCUT2D eigenvalue weighted by Crippen LogP contribution is -2.51. The number of aliphatic hydroxyl groups is 1. The molecule has 4 rings (SSSR count). The SMILES string of the molecule is C[C@]1(O)[C@@H](OC(=O)c2cccs2)[C@H]2NC(=O)C3=COC(=O)[C@H]1[C@@H]32. The first-order chi connectivity index (χ1) is 10.9. The maximum Gasteiger partial charge on any atom is 0.348 e. The van der Waals surface area contributed by atoms with Crippen LogP contribution in [0.25, 0.3) is 0 Å². The van der Waals surface area contributed by atoms with Crippen molar-refractivity contribution in [3.63, 3.8) is 0 Å². The first kappa shape index (κ1) is 14.4. The molecule has 0 bridgehead atoms. The molecule has 5 atom stereocenters. The maximum atomic E-state index is 12.2. The lowest BCUT2D eigenvalue weighted by atomic mass is 9.82. The van der Waals surface area contributed by atoms with Crippen molar-refractivity contribution in [1.29, 1.82) is 0 Å². The molecule has 23 heavy (non-hydrogen) atoms. The smallest absolute Gasteiger partial charge is 0.348 e. The van der Waals surface area contributed by atoms with E-state index in [1.165, 1.54) is 18.3 Å². The second-order valence-electron chi connectivity index (χ2n) is 6.04. The Balaban J connectivity index is 1.70. The summed E-state index contributed by atoms with van der Waals surface area (Å²) >= 11 is 1.21. The predicted molar refractivity (Wildman–Crippen MR) is 77.2 cm³/mol. The molecule has 2 fully saturated rings. The number of nitrogens with one attached hydrogen (secondary N) is 1. The van der Waals surface area contributed by atoms with Gasteiger partial charge in [0.1, 0.15) is 16.7 Å². The third-order valence-electron chi connectivity index (χ3n) is 4.71. The van der Waals surface area contributed by atoms with Crippen molar-refractivity contribution in [3.05, 3.63) is 34.2 Å². The second kappa shape index (κ2) is 4.65. The highest BCUT2D eigenvalue weighted by Crippen LogP contribution is 2.50. The number of carbonyl (C=O) groups excluding carboxylic acids is 3. The minimum Gasteiger partial charge on any atom is -0.453 e. The van der Waals surface area contributed by atoms with Crippen LogP contribution in [-0.4, -0.2) is 40.7 Å². The van der Waals surface area contributed by atoms with E-state index in [9.17, 15) is 19.5 Å². The van der Waals surface area contributed by atoms with Crippen molar-refractivity contribution >= 4 is 29.2 Å². The number of cyclic esters (lactones) is 1. The summed E-state index contributed by atoms with van der Waals surface area (Å²) in [4.78, 5) is 36.7. The average Bonchev–Trinajstić information content (AvgIpc) is 3.16. The molecular weight excluding hydrogens is 322 g/mol. The maximum absolute atomic E-state index is 12.2. The van der Waals surface area contributed by atoms with Crippen molar-refractivity contribution in [3.8, 4) is 0 Å². The first-order valence-corrected chi connectivity index (χ1v) is 7.97. The van der Waals surface area contributed by atoms with Crippen LogP contribution in [0.15, 0.2) is 29.3 Å². The Morgan fingerprint density at radius 2 is 2.26 bits per heavy atom. The Morgan fingerprint density at radius 3 is 2.96 bits per heavy atom. The topological polar surface area (TPSA) is 102 Å². The van der Waals surface area contributed by atoms with Crippen LogP contribution in [0.5, 0.6) is 0 Å². The van der Waals surface area contributed by atoms with Crippen LogP contribution in [0, 0.1) is 11.8 Å². The van der Waals surface area contributed by atoms with Gasteiger partial charge in [0.15, 0.2) is 6.10 Å². The van der Waals surface area contributed by atoms with E-state index >= 15 is 0 Å². The molecule has 1 saturated carbocycles. The number of ether oxygens (including phenoxy) is 2. The van der Waals surface area contributed by atoms with Gasteiger partial charge < -0.3 is 19.9 Å². The number of rotatable bonds is 2. The molecule has 1 aliphatic carbocycles. The van der Waals surface area contributed by atoms with Crippen LogP contribution in [0.3, 0.4) is 0 Å². The van der Waals surface area contributed by atoms with E-state index in [2.05, 4.69) is 5.32 Å². The van der Waals surface area contributed by atoms with Gasteiger partial charge in [-0.05, 0) is 18.4 Å². The van der Waals surface area contributed by atoms with Crippen molar-refractivity contribution in [2.75, 3.05) is 0 Å². The molecule has 0 aromatic carbocycles. The Morgan fingerprint density at radius 1 is 1.48 bits per heavy atom. The number of thiophene rings is 1. The van der Waals surface area contributed by atoms with Crippen LogP contribution in [-0.2, 0) is 19.1 Å². The molecule has 3 aliphatic rings. The molecule has 1 aromatic rings. The predicted octanol–water partition coefficient (Wildman–Crippen LogP) is 0.210. The summed E-state index contributed by atoms with van der Waals surface area (Å²) in [5.74, 6) is -3.10. The fraction of sp³-hybridized carbons (Fsp3) is 0.400. The molecule has 0 spiro atoms. The van der Waals surface area contributed by atoms with Gasteiger partial charge in [-0.15, -0.1) is 11.3 Å². The Hall–Kier alpha value is -2.19. The molecule has 1 amide bonds. The highest BCUT2D eigenvalue weighted by molar-refractivity contribution is 7.11. The lowest BCUT2D eigenvalue weighted by molar-refractivity contribution is -0.158. The van der Waals surface area contributed by atoms with Crippen LogP contribution in [0.2, 0.25) is 0 Å². The van der Waals surface area contributed by atoms with Gasteiger partial charge in [-0.1, -0.05) is 6.07 Å². The fourth-order valence-electron chi connectivity index (χ4n) is 3.70. The zero-order valence-corrected chi connectivity index (χ0v) is 12.8. The van der Waals surface area contributed by atoms with Crippen molar-refractivity contribution < 1.29 is 29.0 Å². The van der Waals surface area contributed by atoms with Crippen molar-refractivity contribution in [2.45, 2.75) is 24.7 Å². The van der Waals surface area contributed by atoms with Crippen molar-refractivity contribution in [1.82, 2.24) is 5.32 Å². The standard InChI is InChI=1S/C15H13NO6S/c1-15(20)9-8-6(5-21-14(9)19)12(17)16-10(8)11(15)22-13(18)7-3-2-4-23-7/h2-5,8-11,20H,1H3,(H,16,17)/t8-,9-,10+,11+,15-/m1/s1. The van der Waals surface area contributed by atoms with E-state index in [4.69, 9.17) is 9.47 Å². The number of esters is 2. The highest BCUT2D eigenvalue weighted by Gasteiger charge is 2.68. The molecule has 2 N–H and O–H groups in total. The Kier molecular flexibility index (Phi) is 2.91. The quantitative estimate of drug-likeness (QED) is 0.749. The molecule has 2 aliphatic heterocycles. The molecule has 0 radical (unpaired) electrons. The lowest BCUT2D eigenvalue weighted by Gasteiger charge is -2.32. The van der Waals surface area contributed by atoms with E-state index < -0.39 is 41.5 Å². The van der Waals surface area contributed by atoms with Gasteiger partial charge >= 0.3 is 11.9 Å². The summed E-state index contributed by atoms with van der Waals surface area (Å²) in [6.45, 7) is 1.43. The van der Waals surface area contributed by atoms with E-state index in [1.54, 1.807) is 17.5 Å². The summed E-state index contributed by atoms with van der Waals surface area (Å²) in [6, 6.07) is 2.67. The summed E-state index contributed by atoms with van der Waals surface area (Å²) in [5, 5.41) is 15.2. The molecule has 120 valence electrons. The van der Waals surface area contributed by atoms with Crippen LogP contribution in [0.4, 0.5) is 0 Å². The molecule has 7 nitrogen and oxygen atoms in total. The number of carbonyl (C=O) groups is 3. The van der Waals surface area contributed by atoms with E-state index in [-0.39, 0.29) is 5.91 Å². The molecule has 0 unspecified atom stereocenters. The minimum atomic E-state index is -1.63. The van der Waals surface area contributed by atoms with E-state index in [1.807, 2.05) is 0 Å².